The Balaban J connectivity index is 2.67. The summed E-state index contributed by atoms with van der Waals surface area (Å²) >= 11 is 1.58. The number of rotatable bonds is 1. The van der Waals surface area contributed by atoms with Gasteiger partial charge in [0.15, 0.2) is 0 Å². The summed E-state index contributed by atoms with van der Waals surface area (Å²) in [5, 5.41) is 5.49. The van der Waals surface area contributed by atoms with Gasteiger partial charge in [-0.1, -0.05) is 6.07 Å². The van der Waals surface area contributed by atoms with Gasteiger partial charge in [-0.15, -0.1) is 11.3 Å². The summed E-state index contributed by atoms with van der Waals surface area (Å²) in [6, 6.07) is 5.89. The molecular weight excluding hydrogens is 194 g/mol. The predicted octanol–water partition coefficient (Wildman–Crippen LogP) is 2.44. The van der Waals surface area contributed by atoms with Crippen molar-refractivity contribution in [1.29, 1.82) is 0 Å². The molecule has 0 aliphatic carbocycles. The minimum atomic E-state index is -0.0400. The molecule has 71 valence electrons. The first-order valence-electron chi connectivity index (χ1n) is 4.27. The number of thiophene rings is 1. The van der Waals surface area contributed by atoms with Crippen LogP contribution in [-0.4, -0.2) is 13.0 Å². The number of hydrogen-bond acceptors (Lipinski definition) is 2. The molecule has 2 nitrogen and oxygen atoms in total. The van der Waals surface area contributed by atoms with Crippen LogP contribution in [0.25, 0.3) is 10.1 Å². The van der Waals surface area contributed by atoms with Crippen LogP contribution in [0.2, 0.25) is 0 Å². The van der Waals surface area contributed by atoms with Crippen molar-refractivity contribution in [2.75, 3.05) is 7.05 Å². The Labute approximate surface area is 86.6 Å². The molecule has 0 bridgehead atoms. The Morgan fingerprint density at radius 3 is 3.00 bits per heavy atom. The summed E-state index contributed by atoms with van der Waals surface area (Å²) in [7, 11) is 1.64. The first kappa shape index (κ1) is 9.21. The molecular formula is C11H10NOS. The van der Waals surface area contributed by atoms with E-state index in [4.69, 9.17) is 0 Å². The molecule has 1 radical (unpaired) electrons. The Morgan fingerprint density at radius 2 is 2.29 bits per heavy atom. The Hall–Kier alpha value is -1.35. The molecule has 14 heavy (non-hydrogen) atoms. The highest BCUT2D eigenvalue weighted by Gasteiger charge is 2.09. The summed E-state index contributed by atoms with van der Waals surface area (Å²) in [6.07, 6.45) is 0. The standard InChI is InChI=1S/C11H10NOS/c1-7-3-4-10-8(5-7)9(6-14-10)11(13)12-2/h3-6H,1H2,2H3,(H,12,13). The Bertz CT molecular complexity index is 487. The monoisotopic (exact) mass is 204 g/mol. The van der Waals surface area contributed by atoms with Crippen molar-refractivity contribution in [3.63, 3.8) is 0 Å². The highest BCUT2D eigenvalue weighted by Crippen LogP contribution is 2.26. The molecule has 1 heterocycles. The lowest BCUT2D eigenvalue weighted by molar-refractivity contribution is 0.0965. The molecule has 1 amide bonds. The number of carbonyl (C=O) groups excluding carboxylic acids is 1. The highest BCUT2D eigenvalue weighted by atomic mass is 32.1. The van der Waals surface area contributed by atoms with Gasteiger partial charge in [-0.3, -0.25) is 4.79 Å². The van der Waals surface area contributed by atoms with E-state index >= 15 is 0 Å². The van der Waals surface area contributed by atoms with Crippen LogP contribution in [0.4, 0.5) is 0 Å². The third-order valence-corrected chi connectivity index (χ3v) is 3.07. The van der Waals surface area contributed by atoms with Gasteiger partial charge in [0.1, 0.15) is 0 Å². The van der Waals surface area contributed by atoms with E-state index in [0.717, 1.165) is 21.2 Å². The highest BCUT2D eigenvalue weighted by molar-refractivity contribution is 7.17. The minimum Gasteiger partial charge on any atom is -0.355 e. The van der Waals surface area contributed by atoms with Gasteiger partial charge in [0.05, 0.1) is 5.56 Å². The van der Waals surface area contributed by atoms with Crippen molar-refractivity contribution in [2.45, 2.75) is 0 Å². The van der Waals surface area contributed by atoms with E-state index in [-0.39, 0.29) is 5.91 Å². The second kappa shape index (κ2) is 3.42. The van der Waals surface area contributed by atoms with Gasteiger partial charge in [0.25, 0.3) is 5.91 Å². The maximum absolute atomic E-state index is 11.5. The van der Waals surface area contributed by atoms with Gasteiger partial charge >= 0.3 is 0 Å². The minimum absolute atomic E-state index is 0.0400. The SMILES string of the molecule is [CH2]c1ccc2scc(C(=O)NC)c2c1. The molecule has 0 saturated heterocycles. The van der Waals surface area contributed by atoms with Gasteiger partial charge in [-0.2, -0.15) is 0 Å². The zero-order valence-electron chi connectivity index (χ0n) is 7.83. The number of carbonyl (C=O) groups is 1. The van der Waals surface area contributed by atoms with E-state index in [1.54, 1.807) is 18.4 Å². The molecule has 3 heteroatoms. The average molecular weight is 204 g/mol. The summed E-state index contributed by atoms with van der Waals surface area (Å²) in [6.45, 7) is 3.85. The van der Waals surface area contributed by atoms with E-state index < -0.39 is 0 Å². The van der Waals surface area contributed by atoms with Crippen molar-refractivity contribution in [3.05, 3.63) is 41.6 Å². The molecule has 0 atom stereocenters. The van der Waals surface area contributed by atoms with Crippen LogP contribution in [0.5, 0.6) is 0 Å². The van der Waals surface area contributed by atoms with Crippen molar-refractivity contribution < 1.29 is 4.79 Å². The first-order valence-corrected chi connectivity index (χ1v) is 5.15. The lowest BCUT2D eigenvalue weighted by atomic mass is 10.1. The molecule has 0 fully saturated rings. The molecule has 0 saturated carbocycles. The summed E-state index contributed by atoms with van der Waals surface area (Å²) in [5.41, 5.74) is 1.67. The summed E-state index contributed by atoms with van der Waals surface area (Å²) in [4.78, 5) is 11.5. The third-order valence-electron chi connectivity index (χ3n) is 2.11. The molecule has 1 N–H and O–H groups in total. The van der Waals surface area contributed by atoms with E-state index in [1.807, 2.05) is 23.6 Å². The molecule has 0 aliphatic rings. The fraction of sp³-hybridized carbons (Fsp3) is 0.0909. The topological polar surface area (TPSA) is 29.1 Å². The van der Waals surface area contributed by atoms with Crippen molar-refractivity contribution >= 4 is 27.3 Å². The smallest absolute Gasteiger partial charge is 0.252 e. The second-order valence-corrected chi connectivity index (χ2v) is 3.97. The van der Waals surface area contributed by atoms with Gasteiger partial charge < -0.3 is 5.32 Å². The zero-order valence-corrected chi connectivity index (χ0v) is 8.65. The molecule has 0 unspecified atom stereocenters. The van der Waals surface area contributed by atoms with Crippen LogP contribution in [0.3, 0.4) is 0 Å². The molecule has 2 rings (SSSR count). The largest absolute Gasteiger partial charge is 0.355 e. The maximum atomic E-state index is 11.5. The van der Waals surface area contributed by atoms with Gasteiger partial charge in [-0.25, -0.2) is 0 Å². The van der Waals surface area contributed by atoms with Crippen LogP contribution in [-0.2, 0) is 0 Å². The van der Waals surface area contributed by atoms with Crippen LogP contribution >= 0.6 is 11.3 Å². The molecule has 1 aromatic heterocycles. The normalized spacial score (nSPS) is 10.4. The number of hydrogen-bond donors (Lipinski definition) is 1. The second-order valence-electron chi connectivity index (χ2n) is 3.06. The summed E-state index contributed by atoms with van der Waals surface area (Å²) in [5.74, 6) is -0.0400. The molecule has 1 aromatic carbocycles. The number of nitrogens with one attached hydrogen (secondary N) is 1. The van der Waals surface area contributed by atoms with Crippen LogP contribution in [0, 0.1) is 6.92 Å². The van der Waals surface area contributed by atoms with Crippen molar-refractivity contribution in [3.8, 4) is 0 Å². The Morgan fingerprint density at radius 1 is 1.50 bits per heavy atom. The average Bonchev–Trinajstić information content (AvgIpc) is 2.59. The maximum Gasteiger partial charge on any atom is 0.252 e. The van der Waals surface area contributed by atoms with Gasteiger partial charge in [0.2, 0.25) is 0 Å². The molecule has 0 spiro atoms. The number of amides is 1. The molecule has 0 aliphatic heterocycles. The number of benzene rings is 1. The quantitative estimate of drug-likeness (QED) is 0.759. The zero-order chi connectivity index (χ0) is 10.1. The van der Waals surface area contributed by atoms with E-state index in [9.17, 15) is 4.79 Å². The van der Waals surface area contributed by atoms with Crippen LogP contribution in [0.1, 0.15) is 15.9 Å². The van der Waals surface area contributed by atoms with Crippen molar-refractivity contribution in [1.82, 2.24) is 5.32 Å². The van der Waals surface area contributed by atoms with E-state index in [1.165, 1.54) is 0 Å². The first-order chi connectivity index (χ1) is 6.72. The van der Waals surface area contributed by atoms with Crippen LogP contribution < -0.4 is 5.32 Å². The fourth-order valence-electron chi connectivity index (χ4n) is 1.39. The fourth-order valence-corrected chi connectivity index (χ4v) is 2.31. The van der Waals surface area contributed by atoms with Crippen molar-refractivity contribution in [2.24, 2.45) is 0 Å². The Kier molecular flexibility index (Phi) is 2.25. The lowest BCUT2D eigenvalue weighted by Gasteiger charge is -1.98. The van der Waals surface area contributed by atoms with E-state index in [2.05, 4.69) is 12.2 Å². The number of fused-ring (bicyclic) bond motifs is 1. The third kappa shape index (κ3) is 1.40. The van der Waals surface area contributed by atoms with Gasteiger partial charge in [0, 0.05) is 22.5 Å². The molecule has 2 aromatic rings. The summed E-state index contributed by atoms with van der Waals surface area (Å²) < 4.78 is 1.12. The van der Waals surface area contributed by atoms with E-state index in [0.29, 0.717) is 0 Å². The predicted molar refractivity (Wildman–Crippen MR) is 59.7 cm³/mol. The lowest BCUT2D eigenvalue weighted by Crippen LogP contribution is -2.17. The van der Waals surface area contributed by atoms with Crippen LogP contribution in [0.15, 0.2) is 23.6 Å². The van der Waals surface area contributed by atoms with Gasteiger partial charge in [-0.05, 0) is 24.6 Å².